The summed E-state index contributed by atoms with van der Waals surface area (Å²) >= 11 is 5.46. The van der Waals surface area contributed by atoms with E-state index >= 15 is 0 Å². The van der Waals surface area contributed by atoms with E-state index in [9.17, 15) is 9.50 Å². The average molecular weight is 220 g/mol. The van der Waals surface area contributed by atoms with Gasteiger partial charge in [-0.25, -0.2) is 4.39 Å². The van der Waals surface area contributed by atoms with Crippen molar-refractivity contribution in [3.05, 3.63) is 34.6 Å². The Balaban J connectivity index is 2.91. The quantitative estimate of drug-likeness (QED) is 0.706. The number of aliphatic hydroxyl groups is 2. The van der Waals surface area contributed by atoms with Crippen molar-refractivity contribution in [3.8, 4) is 0 Å². The fraction of sp³-hybridized carbons (Fsp3) is 0.333. The lowest BCUT2D eigenvalue weighted by Crippen LogP contribution is -2.31. The molecule has 0 saturated carbocycles. The van der Waals surface area contributed by atoms with E-state index in [-0.39, 0.29) is 11.6 Å². The molecule has 0 spiro atoms. The largest absolute Gasteiger partial charge is 0.395 e. The monoisotopic (exact) mass is 219 g/mol. The average Bonchev–Trinajstić information content (AvgIpc) is 2.20. The Morgan fingerprint density at radius 1 is 1.50 bits per heavy atom. The second-order valence-corrected chi connectivity index (χ2v) is 3.37. The number of hydrogen-bond acceptors (Lipinski definition) is 3. The van der Waals surface area contributed by atoms with Crippen LogP contribution in [0.25, 0.3) is 0 Å². The molecular formula is C9H11ClFNO2. The molecule has 2 atom stereocenters. The van der Waals surface area contributed by atoms with Crippen molar-refractivity contribution >= 4 is 11.6 Å². The van der Waals surface area contributed by atoms with Gasteiger partial charge in [0.1, 0.15) is 5.82 Å². The van der Waals surface area contributed by atoms with Crippen LogP contribution in [-0.4, -0.2) is 22.9 Å². The van der Waals surface area contributed by atoms with Gasteiger partial charge >= 0.3 is 0 Å². The maximum Gasteiger partial charge on any atom is 0.142 e. The fourth-order valence-corrected chi connectivity index (χ4v) is 1.16. The topological polar surface area (TPSA) is 66.5 Å². The highest BCUT2D eigenvalue weighted by Crippen LogP contribution is 2.21. The molecule has 78 valence electrons. The van der Waals surface area contributed by atoms with Crippen molar-refractivity contribution in [3.63, 3.8) is 0 Å². The molecule has 0 heterocycles. The predicted molar refractivity (Wildman–Crippen MR) is 51.4 cm³/mol. The van der Waals surface area contributed by atoms with E-state index in [0.717, 1.165) is 6.07 Å². The lowest BCUT2D eigenvalue weighted by molar-refractivity contribution is 0.109. The molecular weight excluding hydrogens is 209 g/mol. The molecule has 1 aromatic rings. The van der Waals surface area contributed by atoms with Crippen molar-refractivity contribution in [2.24, 2.45) is 5.73 Å². The summed E-state index contributed by atoms with van der Waals surface area (Å²) in [4.78, 5) is 0. The molecule has 14 heavy (non-hydrogen) atoms. The van der Waals surface area contributed by atoms with Crippen molar-refractivity contribution in [2.75, 3.05) is 6.61 Å². The number of benzene rings is 1. The van der Waals surface area contributed by atoms with E-state index in [1.807, 2.05) is 0 Å². The van der Waals surface area contributed by atoms with Crippen molar-refractivity contribution in [1.82, 2.24) is 0 Å². The maximum atomic E-state index is 13.0. The lowest BCUT2D eigenvalue weighted by Gasteiger charge is -2.16. The van der Waals surface area contributed by atoms with E-state index in [1.165, 1.54) is 12.1 Å². The molecule has 0 radical (unpaired) electrons. The van der Waals surface area contributed by atoms with Gasteiger partial charge in [-0.05, 0) is 17.7 Å². The summed E-state index contributed by atoms with van der Waals surface area (Å²) < 4.78 is 13.0. The smallest absolute Gasteiger partial charge is 0.142 e. The summed E-state index contributed by atoms with van der Waals surface area (Å²) in [5.74, 6) is -0.617. The van der Waals surface area contributed by atoms with Gasteiger partial charge in [0.15, 0.2) is 0 Å². The van der Waals surface area contributed by atoms with Gasteiger partial charge in [0.2, 0.25) is 0 Å². The van der Waals surface area contributed by atoms with Gasteiger partial charge in [0.05, 0.1) is 23.8 Å². The molecule has 1 rings (SSSR count). The first-order valence-corrected chi connectivity index (χ1v) is 4.43. The summed E-state index contributed by atoms with van der Waals surface area (Å²) in [6.07, 6.45) is -1.09. The molecule has 0 saturated heterocycles. The lowest BCUT2D eigenvalue weighted by atomic mass is 10.0. The zero-order valence-electron chi connectivity index (χ0n) is 7.32. The summed E-state index contributed by atoms with van der Waals surface area (Å²) in [5, 5.41) is 18.2. The zero-order chi connectivity index (χ0) is 10.7. The Hall–Kier alpha value is -0.680. The molecule has 0 aliphatic carbocycles. The van der Waals surface area contributed by atoms with E-state index in [1.54, 1.807) is 0 Å². The Morgan fingerprint density at radius 2 is 2.14 bits per heavy atom. The van der Waals surface area contributed by atoms with Crippen LogP contribution in [0.5, 0.6) is 0 Å². The highest BCUT2D eigenvalue weighted by molar-refractivity contribution is 6.30. The standard InChI is InChI=1S/C9H11ClFNO2/c10-6-2-1-5(3-7(6)11)9(14)8(12)4-13/h1-3,8-9,13-14H,4,12H2. The van der Waals surface area contributed by atoms with E-state index in [2.05, 4.69) is 0 Å². The van der Waals surface area contributed by atoms with Gasteiger partial charge in [-0.15, -0.1) is 0 Å². The van der Waals surface area contributed by atoms with E-state index < -0.39 is 18.0 Å². The first kappa shape index (κ1) is 11.4. The van der Waals surface area contributed by atoms with Crippen LogP contribution in [-0.2, 0) is 0 Å². The van der Waals surface area contributed by atoms with Crippen LogP contribution < -0.4 is 5.73 Å². The third-order valence-corrected chi connectivity index (χ3v) is 2.21. The molecule has 2 unspecified atom stereocenters. The minimum Gasteiger partial charge on any atom is -0.395 e. The van der Waals surface area contributed by atoms with Gasteiger partial charge in [-0.1, -0.05) is 17.7 Å². The summed E-state index contributed by atoms with van der Waals surface area (Å²) in [6, 6.07) is 3.07. The second-order valence-electron chi connectivity index (χ2n) is 2.96. The molecule has 5 heteroatoms. The van der Waals surface area contributed by atoms with Crippen molar-refractivity contribution < 1.29 is 14.6 Å². The zero-order valence-corrected chi connectivity index (χ0v) is 8.08. The maximum absolute atomic E-state index is 13.0. The summed E-state index contributed by atoms with van der Waals surface area (Å²) in [6.45, 7) is -0.370. The third-order valence-electron chi connectivity index (χ3n) is 1.90. The summed E-state index contributed by atoms with van der Waals surface area (Å²) in [5.41, 5.74) is 5.68. The van der Waals surface area contributed by atoms with Crippen molar-refractivity contribution in [1.29, 1.82) is 0 Å². The minimum absolute atomic E-state index is 0.0153. The number of rotatable bonds is 3. The van der Waals surface area contributed by atoms with Gasteiger partial charge in [-0.2, -0.15) is 0 Å². The van der Waals surface area contributed by atoms with Crippen LogP contribution in [0.3, 0.4) is 0 Å². The number of hydrogen-bond donors (Lipinski definition) is 3. The van der Waals surface area contributed by atoms with Crippen LogP contribution in [0.2, 0.25) is 5.02 Å². The van der Waals surface area contributed by atoms with Gasteiger partial charge in [0, 0.05) is 0 Å². The molecule has 0 bridgehead atoms. The van der Waals surface area contributed by atoms with Crippen molar-refractivity contribution in [2.45, 2.75) is 12.1 Å². The molecule has 0 aliphatic heterocycles. The van der Waals surface area contributed by atoms with Gasteiger partial charge in [-0.3, -0.25) is 0 Å². The third kappa shape index (κ3) is 2.42. The number of halogens is 2. The molecule has 0 aromatic heterocycles. The predicted octanol–water partition coefficient (Wildman–Crippen LogP) is 0.832. The first-order valence-electron chi connectivity index (χ1n) is 4.05. The molecule has 0 aliphatic rings. The van der Waals surface area contributed by atoms with E-state index in [4.69, 9.17) is 22.4 Å². The highest BCUT2D eigenvalue weighted by atomic mass is 35.5. The van der Waals surface area contributed by atoms with Gasteiger partial charge < -0.3 is 15.9 Å². The Morgan fingerprint density at radius 3 is 2.64 bits per heavy atom. The van der Waals surface area contributed by atoms with Crippen LogP contribution in [0.15, 0.2) is 18.2 Å². The molecule has 3 nitrogen and oxygen atoms in total. The fourth-order valence-electron chi connectivity index (χ4n) is 1.04. The first-order chi connectivity index (χ1) is 6.56. The Labute approximate surface area is 85.9 Å². The second kappa shape index (κ2) is 4.70. The van der Waals surface area contributed by atoms with Gasteiger partial charge in [0.25, 0.3) is 0 Å². The van der Waals surface area contributed by atoms with Crippen LogP contribution in [0.4, 0.5) is 4.39 Å². The summed E-state index contributed by atoms with van der Waals surface area (Å²) in [7, 11) is 0. The minimum atomic E-state index is -1.09. The highest BCUT2D eigenvalue weighted by Gasteiger charge is 2.16. The molecule has 0 fully saturated rings. The Bertz CT molecular complexity index is 322. The van der Waals surface area contributed by atoms with Crippen LogP contribution in [0.1, 0.15) is 11.7 Å². The molecule has 4 N–H and O–H groups in total. The number of aliphatic hydroxyl groups excluding tert-OH is 2. The van der Waals surface area contributed by atoms with Crippen LogP contribution >= 0.6 is 11.6 Å². The number of nitrogens with two attached hydrogens (primary N) is 1. The van der Waals surface area contributed by atoms with E-state index in [0.29, 0.717) is 5.56 Å². The molecule has 0 amide bonds. The molecule has 1 aromatic carbocycles. The normalized spacial score (nSPS) is 15.2. The SMILES string of the molecule is NC(CO)C(O)c1ccc(Cl)c(F)c1. The Kier molecular flexibility index (Phi) is 3.83. The van der Waals surface area contributed by atoms with Crippen LogP contribution in [0, 0.1) is 5.82 Å².